The molecule has 0 saturated heterocycles. The lowest BCUT2D eigenvalue weighted by molar-refractivity contribution is 0.435. The van der Waals surface area contributed by atoms with E-state index >= 15 is 0 Å². The Labute approximate surface area is 175 Å². The molecule has 158 valence electrons. The summed E-state index contributed by atoms with van der Waals surface area (Å²) in [5.41, 5.74) is 1.52. The zero-order chi connectivity index (χ0) is 22.4. The summed E-state index contributed by atoms with van der Waals surface area (Å²) in [6.45, 7) is 7.25. The van der Waals surface area contributed by atoms with Gasteiger partial charge in [-0.1, -0.05) is 0 Å². The maximum atomic E-state index is 14.0. The van der Waals surface area contributed by atoms with Crippen LogP contribution in [0.5, 0.6) is 11.5 Å². The van der Waals surface area contributed by atoms with E-state index in [1.165, 1.54) is 12.3 Å². The van der Waals surface area contributed by atoms with Crippen molar-refractivity contribution in [1.82, 2.24) is 14.5 Å². The minimum Gasteiger partial charge on any atom is -0.450 e. The molecule has 0 bridgehead atoms. The van der Waals surface area contributed by atoms with Crippen molar-refractivity contribution < 1.29 is 21.9 Å². The van der Waals surface area contributed by atoms with Crippen LogP contribution in [-0.2, 0) is 11.6 Å². The third kappa shape index (κ3) is 5.41. The van der Waals surface area contributed by atoms with Crippen LogP contribution in [0.25, 0.3) is 11.3 Å². The van der Waals surface area contributed by atoms with Gasteiger partial charge in [0.1, 0.15) is 17.3 Å². The smallest absolute Gasteiger partial charge is 0.335 e. The van der Waals surface area contributed by atoms with Crippen LogP contribution in [0.2, 0.25) is 0 Å². The zero-order valence-corrected chi connectivity index (χ0v) is 17.5. The van der Waals surface area contributed by atoms with E-state index < -0.39 is 23.2 Å². The van der Waals surface area contributed by atoms with Crippen LogP contribution in [0.15, 0.2) is 41.5 Å². The van der Waals surface area contributed by atoms with Crippen molar-refractivity contribution in [2.45, 2.75) is 33.7 Å². The number of hydrogen-bond donors (Lipinski definition) is 0. The SMILES string of the molecule is Cc1ncc(Oc2ccc(F)cc2F)c(-c2cc(C)c(=O)n(C(C)C)c2)n1.O=S=O. The summed E-state index contributed by atoms with van der Waals surface area (Å²) in [5.74, 6) is -0.958. The molecule has 0 unspecified atom stereocenters. The van der Waals surface area contributed by atoms with Gasteiger partial charge in [0.25, 0.3) is 5.56 Å². The van der Waals surface area contributed by atoms with Crippen LogP contribution in [-0.4, -0.2) is 23.0 Å². The number of pyridine rings is 1. The van der Waals surface area contributed by atoms with Gasteiger partial charge in [0, 0.05) is 29.4 Å². The van der Waals surface area contributed by atoms with Gasteiger partial charge in [-0.2, -0.15) is 8.42 Å². The van der Waals surface area contributed by atoms with E-state index in [1.807, 2.05) is 13.8 Å². The normalized spacial score (nSPS) is 10.4. The maximum Gasteiger partial charge on any atom is 0.335 e. The summed E-state index contributed by atoms with van der Waals surface area (Å²) in [6.07, 6.45) is 3.12. The van der Waals surface area contributed by atoms with Gasteiger partial charge in [0.2, 0.25) is 0 Å². The highest BCUT2D eigenvalue weighted by Gasteiger charge is 2.16. The second-order valence-corrected chi connectivity index (χ2v) is 6.73. The molecule has 2 heterocycles. The second-order valence-electron chi connectivity index (χ2n) is 6.59. The molecule has 0 atom stereocenters. The Balaban J connectivity index is 0.00000101. The second kappa shape index (κ2) is 9.97. The number of rotatable bonds is 4. The van der Waals surface area contributed by atoms with Crippen molar-refractivity contribution >= 4 is 11.6 Å². The Kier molecular flexibility index (Phi) is 7.65. The molecule has 0 amide bonds. The summed E-state index contributed by atoms with van der Waals surface area (Å²) in [4.78, 5) is 20.8. The molecule has 1 aromatic carbocycles. The first kappa shape index (κ1) is 23.0. The highest BCUT2D eigenvalue weighted by molar-refractivity contribution is 7.51. The van der Waals surface area contributed by atoms with E-state index in [1.54, 1.807) is 30.7 Å². The Bertz CT molecular complexity index is 1160. The lowest BCUT2D eigenvalue weighted by Gasteiger charge is -2.15. The lowest BCUT2D eigenvalue weighted by atomic mass is 10.1. The molecule has 0 aliphatic rings. The van der Waals surface area contributed by atoms with Gasteiger partial charge in [0.05, 0.1) is 6.20 Å². The maximum absolute atomic E-state index is 14.0. The van der Waals surface area contributed by atoms with E-state index in [2.05, 4.69) is 9.97 Å². The Morgan fingerprint density at radius 3 is 2.37 bits per heavy atom. The van der Waals surface area contributed by atoms with Crippen LogP contribution >= 0.6 is 0 Å². The molecule has 0 radical (unpaired) electrons. The standard InChI is InChI=1S/C20H19F2N3O2.O2S/c1-11(2)25-10-14(7-12(3)20(25)26)19-18(9-23-13(4)24-19)27-17-6-5-15(21)8-16(17)22;1-3-2/h5-11H,1-4H3;. The summed E-state index contributed by atoms with van der Waals surface area (Å²) in [7, 11) is 0. The number of nitrogens with zero attached hydrogens (tertiary/aromatic N) is 3. The first-order valence-electron chi connectivity index (χ1n) is 8.79. The minimum atomic E-state index is -0.829. The molecular formula is C20H19F2N3O4S. The highest BCUT2D eigenvalue weighted by atomic mass is 32.1. The van der Waals surface area contributed by atoms with Gasteiger partial charge in [-0.05, 0) is 45.9 Å². The van der Waals surface area contributed by atoms with Crippen molar-refractivity contribution in [2.24, 2.45) is 0 Å². The van der Waals surface area contributed by atoms with Gasteiger partial charge in [-0.25, -0.2) is 18.7 Å². The number of benzene rings is 1. The Morgan fingerprint density at radius 1 is 1.10 bits per heavy atom. The van der Waals surface area contributed by atoms with Gasteiger partial charge in [0.15, 0.2) is 17.3 Å². The quantitative estimate of drug-likeness (QED) is 0.617. The third-order valence-electron chi connectivity index (χ3n) is 4.04. The van der Waals surface area contributed by atoms with Crippen LogP contribution in [0.4, 0.5) is 8.78 Å². The first-order chi connectivity index (χ1) is 14.2. The average Bonchev–Trinajstić information content (AvgIpc) is 2.67. The van der Waals surface area contributed by atoms with Crippen molar-refractivity contribution in [3.63, 3.8) is 0 Å². The summed E-state index contributed by atoms with van der Waals surface area (Å²) >= 11 is -0.750. The Morgan fingerprint density at radius 2 is 1.77 bits per heavy atom. The number of hydrogen-bond acceptors (Lipinski definition) is 6. The number of ether oxygens (including phenoxy) is 1. The number of aryl methyl sites for hydroxylation is 2. The number of aromatic nitrogens is 3. The highest BCUT2D eigenvalue weighted by Crippen LogP contribution is 2.32. The predicted octanol–water partition coefficient (Wildman–Crippen LogP) is 3.90. The summed E-state index contributed by atoms with van der Waals surface area (Å²) in [5, 5.41) is 0. The molecule has 0 aliphatic heterocycles. The van der Waals surface area contributed by atoms with Crippen LogP contribution < -0.4 is 10.3 Å². The molecule has 0 N–H and O–H groups in total. The van der Waals surface area contributed by atoms with Crippen molar-refractivity contribution in [3.05, 3.63) is 70.0 Å². The fraction of sp³-hybridized carbons (Fsp3) is 0.250. The van der Waals surface area contributed by atoms with Crippen molar-refractivity contribution in [3.8, 4) is 22.8 Å². The molecule has 2 aromatic heterocycles. The molecule has 0 saturated carbocycles. The van der Waals surface area contributed by atoms with E-state index in [0.717, 1.165) is 12.1 Å². The van der Waals surface area contributed by atoms with E-state index in [9.17, 15) is 13.6 Å². The predicted molar refractivity (Wildman–Crippen MR) is 107 cm³/mol. The largest absolute Gasteiger partial charge is 0.450 e. The van der Waals surface area contributed by atoms with E-state index in [4.69, 9.17) is 13.2 Å². The van der Waals surface area contributed by atoms with E-state index in [0.29, 0.717) is 22.6 Å². The van der Waals surface area contributed by atoms with Crippen LogP contribution in [0.3, 0.4) is 0 Å². The molecule has 30 heavy (non-hydrogen) atoms. The van der Waals surface area contributed by atoms with Crippen LogP contribution in [0, 0.1) is 25.5 Å². The molecule has 3 rings (SSSR count). The van der Waals surface area contributed by atoms with Gasteiger partial charge < -0.3 is 9.30 Å². The summed E-state index contributed by atoms with van der Waals surface area (Å²) < 4.78 is 50.9. The monoisotopic (exact) mass is 435 g/mol. The molecule has 0 aliphatic carbocycles. The molecule has 10 heteroatoms. The van der Waals surface area contributed by atoms with Gasteiger partial charge >= 0.3 is 11.6 Å². The molecule has 0 spiro atoms. The van der Waals surface area contributed by atoms with Crippen molar-refractivity contribution in [2.75, 3.05) is 0 Å². The average molecular weight is 435 g/mol. The fourth-order valence-electron chi connectivity index (χ4n) is 2.67. The van der Waals surface area contributed by atoms with Crippen molar-refractivity contribution in [1.29, 1.82) is 0 Å². The van der Waals surface area contributed by atoms with Crippen LogP contribution in [0.1, 0.15) is 31.3 Å². The fourth-order valence-corrected chi connectivity index (χ4v) is 2.67. The van der Waals surface area contributed by atoms with Gasteiger partial charge in [-0.15, -0.1) is 0 Å². The van der Waals surface area contributed by atoms with E-state index in [-0.39, 0.29) is 23.1 Å². The number of halogens is 2. The zero-order valence-electron chi connectivity index (χ0n) is 16.7. The van der Waals surface area contributed by atoms with Gasteiger partial charge in [-0.3, -0.25) is 4.79 Å². The molecular weight excluding hydrogens is 416 g/mol. The first-order valence-corrected chi connectivity index (χ1v) is 9.46. The lowest BCUT2D eigenvalue weighted by Crippen LogP contribution is -2.23. The third-order valence-corrected chi connectivity index (χ3v) is 4.04. The molecule has 0 fully saturated rings. The summed E-state index contributed by atoms with van der Waals surface area (Å²) in [6, 6.07) is 4.72. The molecule has 7 nitrogen and oxygen atoms in total. The topological polar surface area (TPSA) is 91.2 Å². The minimum absolute atomic E-state index is 0.0435. The Hall–Kier alpha value is -3.27. The molecule has 3 aromatic rings.